The van der Waals surface area contributed by atoms with E-state index >= 15 is 0 Å². The van der Waals surface area contributed by atoms with Crippen molar-refractivity contribution in [2.75, 3.05) is 40.4 Å². The third-order valence-electron chi connectivity index (χ3n) is 5.64. The van der Waals surface area contributed by atoms with Gasteiger partial charge in [-0.25, -0.2) is 0 Å². The lowest BCUT2D eigenvalue weighted by atomic mass is 9.73. The lowest BCUT2D eigenvalue weighted by molar-refractivity contribution is 0.157. The van der Waals surface area contributed by atoms with Crippen molar-refractivity contribution in [2.45, 2.75) is 43.9 Å². The Morgan fingerprint density at radius 1 is 1.40 bits per heavy atom. The molecule has 2 fully saturated rings. The summed E-state index contributed by atoms with van der Waals surface area (Å²) in [5, 5.41) is 5.93. The van der Waals surface area contributed by atoms with E-state index in [9.17, 15) is 0 Å². The van der Waals surface area contributed by atoms with Crippen molar-refractivity contribution in [3.05, 3.63) is 22.4 Å². The van der Waals surface area contributed by atoms with Gasteiger partial charge in [0.2, 0.25) is 0 Å². The standard InChI is InChI=1S/C19H31N3OS.HI/c1-20-18(22-11-8-16(13-22)14-23-2)21-15-19(9-4-3-5-10-19)17-7-6-12-24-17;/h6-7,12,16H,3-5,8-11,13-15H2,1-2H3,(H,20,21);1H. The summed E-state index contributed by atoms with van der Waals surface area (Å²) in [5.74, 6) is 1.70. The van der Waals surface area contributed by atoms with E-state index in [0.29, 0.717) is 11.3 Å². The molecule has 1 aromatic rings. The molecule has 6 heteroatoms. The molecule has 1 saturated heterocycles. The van der Waals surface area contributed by atoms with Gasteiger partial charge in [0, 0.05) is 50.0 Å². The first-order valence-corrected chi connectivity index (χ1v) is 10.1. The molecule has 2 heterocycles. The van der Waals surface area contributed by atoms with Crippen LogP contribution in [0.15, 0.2) is 22.5 Å². The molecule has 0 radical (unpaired) electrons. The van der Waals surface area contributed by atoms with Crippen LogP contribution in [0.2, 0.25) is 0 Å². The Hall–Kier alpha value is -0.340. The number of ether oxygens (including phenoxy) is 1. The van der Waals surface area contributed by atoms with Crippen LogP contribution in [0.5, 0.6) is 0 Å². The average Bonchev–Trinajstić information content (AvgIpc) is 3.29. The van der Waals surface area contributed by atoms with Gasteiger partial charge in [-0.05, 0) is 30.7 Å². The van der Waals surface area contributed by atoms with Crippen LogP contribution in [0.25, 0.3) is 0 Å². The maximum Gasteiger partial charge on any atom is 0.193 e. The van der Waals surface area contributed by atoms with Gasteiger partial charge in [0.25, 0.3) is 0 Å². The summed E-state index contributed by atoms with van der Waals surface area (Å²) in [4.78, 5) is 8.50. The molecule has 1 aliphatic heterocycles. The molecule has 0 bridgehead atoms. The highest BCUT2D eigenvalue weighted by Gasteiger charge is 2.35. The van der Waals surface area contributed by atoms with E-state index in [4.69, 9.17) is 4.74 Å². The molecule has 1 atom stereocenters. The van der Waals surface area contributed by atoms with Gasteiger partial charge >= 0.3 is 0 Å². The Labute approximate surface area is 173 Å². The Kier molecular flexibility index (Phi) is 8.48. The lowest BCUT2D eigenvalue weighted by Crippen LogP contribution is -2.47. The molecule has 1 saturated carbocycles. The molecule has 4 nitrogen and oxygen atoms in total. The fourth-order valence-corrected chi connectivity index (χ4v) is 5.28. The van der Waals surface area contributed by atoms with Crippen LogP contribution in [-0.2, 0) is 10.2 Å². The second kappa shape index (κ2) is 10.1. The number of nitrogens with zero attached hydrogens (tertiary/aromatic N) is 2. The molecule has 0 spiro atoms. The zero-order valence-electron chi connectivity index (χ0n) is 15.5. The number of hydrogen-bond donors (Lipinski definition) is 1. The number of thiophene rings is 1. The van der Waals surface area contributed by atoms with Crippen LogP contribution in [0.4, 0.5) is 0 Å². The van der Waals surface area contributed by atoms with Crippen molar-refractivity contribution < 1.29 is 4.74 Å². The highest BCUT2D eigenvalue weighted by molar-refractivity contribution is 14.0. The molecule has 1 aliphatic carbocycles. The minimum absolute atomic E-state index is 0. The monoisotopic (exact) mass is 477 g/mol. The van der Waals surface area contributed by atoms with Crippen LogP contribution in [-0.4, -0.2) is 51.3 Å². The highest BCUT2D eigenvalue weighted by Crippen LogP contribution is 2.41. The third-order valence-corrected chi connectivity index (χ3v) is 6.76. The van der Waals surface area contributed by atoms with E-state index in [0.717, 1.165) is 32.2 Å². The fraction of sp³-hybridized carbons (Fsp3) is 0.737. The number of likely N-dealkylation sites (tertiary alicyclic amines) is 1. The second-order valence-electron chi connectivity index (χ2n) is 7.28. The Balaban J connectivity index is 0.00000225. The summed E-state index contributed by atoms with van der Waals surface area (Å²) in [5.41, 5.74) is 0.300. The highest BCUT2D eigenvalue weighted by atomic mass is 127. The lowest BCUT2D eigenvalue weighted by Gasteiger charge is -2.38. The maximum atomic E-state index is 5.32. The SMILES string of the molecule is CN=C(NCC1(c2cccs2)CCCCC1)N1CCC(COC)C1.I. The molecular formula is C19H32IN3OS. The summed E-state index contributed by atoms with van der Waals surface area (Å²) in [6, 6.07) is 4.52. The predicted octanol–water partition coefficient (Wildman–Crippen LogP) is 4.11. The van der Waals surface area contributed by atoms with Crippen molar-refractivity contribution in [2.24, 2.45) is 10.9 Å². The zero-order valence-corrected chi connectivity index (χ0v) is 18.6. The van der Waals surface area contributed by atoms with Crippen molar-refractivity contribution >= 4 is 41.3 Å². The largest absolute Gasteiger partial charge is 0.384 e. The molecular weight excluding hydrogens is 445 g/mol. The fourth-order valence-electron chi connectivity index (χ4n) is 4.30. The molecule has 0 amide bonds. The van der Waals surface area contributed by atoms with Crippen molar-refractivity contribution in [1.82, 2.24) is 10.2 Å². The van der Waals surface area contributed by atoms with Crippen LogP contribution in [0.3, 0.4) is 0 Å². The summed E-state index contributed by atoms with van der Waals surface area (Å²) in [7, 11) is 3.70. The van der Waals surface area contributed by atoms with Gasteiger partial charge in [-0.2, -0.15) is 0 Å². The van der Waals surface area contributed by atoms with Gasteiger partial charge in [-0.15, -0.1) is 35.3 Å². The number of nitrogens with one attached hydrogen (secondary N) is 1. The van der Waals surface area contributed by atoms with Gasteiger partial charge in [-0.1, -0.05) is 25.3 Å². The minimum Gasteiger partial charge on any atom is -0.384 e. The van der Waals surface area contributed by atoms with Crippen LogP contribution in [0, 0.1) is 5.92 Å². The number of methoxy groups -OCH3 is 1. The summed E-state index contributed by atoms with van der Waals surface area (Å²) < 4.78 is 5.32. The first kappa shape index (κ1) is 21.0. The number of aliphatic imine (C=N–C) groups is 1. The van der Waals surface area contributed by atoms with Gasteiger partial charge < -0.3 is 15.0 Å². The first-order chi connectivity index (χ1) is 11.8. The van der Waals surface area contributed by atoms with Gasteiger partial charge in [-0.3, -0.25) is 4.99 Å². The third kappa shape index (κ3) is 5.10. The molecule has 2 aliphatic rings. The average molecular weight is 477 g/mol. The second-order valence-corrected chi connectivity index (χ2v) is 8.22. The van der Waals surface area contributed by atoms with Crippen molar-refractivity contribution in [3.8, 4) is 0 Å². The van der Waals surface area contributed by atoms with E-state index in [1.807, 2.05) is 18.4 Å². The summed E-state index contributed by atoms with van der Waals surface area (Å²) in [6.07, 6.45) is 7.86. The summed E-state index contributed by atoms with van der Waals surface area (Å²) in [6.45, 7) is 4.00. The van der Waals surface area contributed by atoms with E-state index in [1.165, 1.54) is 38.5 Å². The molecule has 1 unspecified atom stereocenters. The number of rotatable bonds is 5. The normalized spacial score (nSPS) is 23.4. The topological polar surface area (TPSA) is 36.9 Å². The Bertz CT molecular complexity index is 529. The molecule has 3 rings (SSSR count). The number of guanidine groups is 1. The predicted molar refractivity (Wildman–Crippen MR) is 117 cm³/mol. The van der Waals surface area contributed by atoms with Gasteiger partial charge in [0.15, 0.2) is 5.96 Å². The zero-order chi connectivity index (χ0) is 16.8. The van der Waals surface area contributed by atoms with Crippen LogP contribution < -0.4 is 5.32 Å². The summed E-state index contributed by atoms with van der Waals surface area (Å²) >= 11 is 1.92. The Morgan fingerprint density at radius 2 is 2.20 bits per heavy atom. The molecule has 142 valence electrons. The van der Waals surface area contributed by atoms with E-state index in [1.54, 1.807) is 12.0 Å². The Morgan fingerprint density at radius 3 is 2.84 bits per heavy atom. The molecule has 1 aromatic heterocycles. The van der Waals surface area contributed by atoms with Crippen LogP contribution in [0.1, 0.15) is 43.4 Å². The van der Waals surface area contributed by atoms with E-state index in [-0.39, 0.29) is 24.0 Å². The first-order valence-electron chi connectivity index (χ1n) is 9.26. The minimum atomic E-state index is 0. The smallest absolute Gasteiger partial charge is 0.193 e. The number of hydrogen-bond acceptors (Lipinski definition) is 3. The quantitative estimate of drug-likeness (QED) is 0.394. The van der Waals surface area contributed by atoms with E-state index in [2.05, 4.69) is 32.7 Å². The molecule has 1 N–H and O–H groups in total. The van der Waals surface area contributed by atoms with Crippen LogP contribution >= 0.6 is 35.3 Å². The maximum absolute atomic E-state index is 5.32. The van der Waals surface area contributed by atoms with Gasteiger partial charge in [0.05, 0.1) is 6.61 Å². The van der Waals surface area contributed by atoms with Crippen molar-refractivity contribution in [3.63, 3.8) is 0 Å². The van der Waals surface area contributed by atoms with Crippen molar-refractivity contribution in [1.29, 1.82) is 0 Å². The molecule has 25 heavy (non-hydrogen) atoms. The molecule has 0 aromatic carbocycles. The van der Waals surface area contributed by atoms with Gasteiger partial charge in [0.1, 0.15) is 0 Å². The van der Waals surface area contributed by atoms with E-state index < -0.39 is 0 Å². The number of halogens is 1.